The van der Waals surface area contributed by atoms with E-state index in [1.807, 2.05) is 0 Å². The van der Waals surface area contributed by atoms with Gasteiger partial charge in [-0.1, -0.05) is 6.92 Å². The molecule has 6 heteroatoms. The Morgan fingerprint density at radius 1 is 1.37 bits per heavy atom. The molecule has 1 saturated heterocycles. The Morgan fingerprint density at radius 3 is 2.68 bits per heavy atom. The van der Waals surface area contributed by atoms with Gasteiger partial charge in [0.25, 0.3) is 0 Å². The summed E-state index contributed by atoms with van der Waals surface area (Å²) in [5.74, 6) is 0.290. The van der Waals surface area contributed by atoms with Crippen LogP contribution in [0.2, 0.25) is 0 Å². The molecule has 19 heavy (non-hydrogen) atoms. The Labute approximate surface area is 110 Å². The van der Waals surface area contributed by atoms with Crippen LogP contribution in [0.1, 0.15) is 19.8 Å². The van der Waals surface area contributed by atoms with Crippen molar-refractivity contribution in [2.45, 2.75) is 26.1 Å². The number of rotatable bonds is 2. The first-order valence-electron chi connectivity index (χ1n) is 6.25. The van der Waals surface area contributed by atoms with Gasteiger partial charge in [-0.05, 0) is 30.9 Å². The van der Waals surface area contributed by atoms with Crippen molar-refractivity contribution in [2.24, 2.45) is 5.92 Å². The summed E-state index contributed by atoms with van der Waals surface area (Å²) < 4.78 is 40.2. The lowest BCUT2D eigenvalue weighted by Crippen LogP contribution is -2.34. The molecule has 1 aromatic rings. The highest BCUT2D eigenvalue weighted by molar-refractivity contribution is 5.69. The second-order valence-corrected chi connectivity index (χ2v) is 4.96. The van der Waals surface area contributed by atoms with Crippen LogP contribution < -0.4 is 15.4 Å². The number of hydrogen-bond donors (Lipinski definition) is 1. The number of ether oxygens (including phenoxy) is 1. The highest BCUT2D eigenvalue weighted by Gasteiger charge is 2.31. The normalized spacial score (nSPS) is 20.4. The van der Waals surface area contributed by atoms with Crippen LogP contribution in [0, 0.1) is 5.92 Å². The molecule has 0 amide bonds. The molecule has 0 saturated carbocycles. The maximum atomic E-state index is 12.1. The largest absolute Gasteiger partial charge is 0.573 e. The minimum atomic E-state index is -4.69. The lowest BCUT2D eigenvalue weighted by atomic mass is 9.99. The Morgan fingerprint density at radius 2 is 2.11 bits per heavy atom. The molecule has 1 aliphatic rings. The zero-order valence-electron chi connectivity index (χ0n) is 10.7. The number of alkyl halides is 3. The van der Waals surface area contributed by atoms with Gasteiger partial charge < -0.3 is 15.4 Å². The number of anilines is 2. The third-order valence-electron chi connectivity index (χ3n) is 3.23. The van der Waals surface area contributed by atoms with Crippen molar-refractivity contribution in [1.82, 2.24) is 0 Å². The lowest BCUT2D eigenvalue weighted by Gasteiger charge is -2.33. The smallest absolute Gasteiger partial charge is 0.406 e. The summed E-state index contributed by atoms with van der Waals surface area (Å²) in [4.78, 5) is 2.11. The summed E-state index contributed by atoms with van der Waals surface area (Å²) >= 11 is 0. The Hall–Kier alpha value is -1.59. The van der Waals surface area contributed by atoms with Gasteiger partial charge in [-0.2, -0.15) is 0 Å². The highest BCUT2D eigenvalue weighted by atomic mass is 19.4. The number of nitrogen functional groups attached to an aromatic ring is 1. The van der Waals surface area contributed by atoms with Crippen LogP contribution in [0.5, 0.6) is 5.75 Å². The molecule has 106 valence electrons. The fourth-order valence-corrected chi connectivity index (χ4v) is 2.43. The predicted molar refractivity (Wildman–Crippen MR) is 68.1 cm³/mol. The van der Waals surface area contributed by atoms with Crippen molar-refractivity contribution in [3.8, 4) is 5.75 Å². The van der Waals surface area contributed by atoms with Crippen LogP contribution in [0.3, 0.4) is 0 Å². The van der Waals surface area contributed by atoms with Gasteiger partial charge >= 0.3 is 6.36 Å². The van der Waals surface area contributed by atoms with Crippen molar-refractivity contribution in [2.75, 3.05) is 23.7 Å². The summed E-state index contributed by atoms with van der Waals surface area (Å²) in [6.45, 7) is 3.92. The SMILES string of the molecule is CC1CCCN(c2ccc(OC(F)(F)F)cc2N)C1. The molecule has 0 spiro atoms. The summed E-state index contributed by atoms with van der Waals surface area (Å²) in [7, 11) is 0. The van der Waals surface area contributed by atoms with E-state index < -0.39 is 6.36 Å². The van der Waals surface area contributed by atoms with Gasteiger partial charge in [-0.3, -0.25) is 0 Å². The van der Waals surface area contributed by atoms with Crippen molar-refractivity contribution >= 4 is 11.4 Å². The molecular weight excluding hydrogens is 257 g/mol. The Kier molecular flexibility index (Phi) is 3.78. The van der Waals surface area contributed by atoms with Crippen LogP contribution >= 0.6 is 0 Å². The second-order valence-electron chi connectivity index (χ2n) is 4.96. The van der Waals surface area contributed by atoms with Crippen molar-refractivity contribution in [3.63, 3.8) is 0 Å². The first-order chi connectivity index (χ1) is 8.85. The van der Waals surface area contributed by atoms with E-state index in [-0.39, 0.29) is 5.75 Å². The summed E-state index contributed by atoms with van der Waals surface area (Å²) in [5, 5.41) is 0. The maximum Gasteiger partial charge on any atom is 0.573 e. The third-order valence-corrected chi connectivity index (χ3v) is 3.23. The number of benzene rings is 1. The van der Waals surface area contributed by atoms with Crippen molar-refractivity contribution in [3.05, 3.63) is 18.2 Å². The minimum Gasteiger partial charge on any atom is -0.406 e. The van der Waals surface area contributed by atoms with Crippen LogP contribution in [0.4, 0.5) is 24.5 Å². The van der Waals surface area contributed by atoms with Gasteiger partial charge in [0.05, 0.1) is 11.4 Å². The molecule has 3 nitrogen and oxygen atoms in total. The molecule has 1 aliphatic heterocycles. The monoisotopic (exact) mass is 274 g/mol. The molecule has 2 rings (SSSR count). The predicted octanol–water partition coefficient (Wildman–Crippen LogP) is 3.40. The number of hydrogen-bond acceptors (Lipinski definition) is 3. The van der Waals surface area contributed by atoms with Crippen LogP contribution in [-0.4, -0.2) is 19.5 Å². The van der Waals surface area contributed by atoms with E-state index in [0.717, 1.165) is 25.2 Å². The topological polar surface area (TPSA) is 38.5 Å². The molecule has 2 N–H and O–H groups in total. The van der Waals surface area contributed by atoms with E-state index in [4.69, 9.17) is 5.73 Å². The van der Waals surface area contributed by atoms with E-state index in [1.54, 1.807) is 6.07 Å². The molecule has 0 bridgehead atoms. The summed E-state index contributed by atoms with van der Waals surface area (Å²) in [6.07, 6.45) is -2.44. The van der Waals surface area contributed by atoms with E-state index in [9.17, 15) is 13.2 Å². The molecule has 1 heterocycles. The molecule has 0 aliphatic carbocycles. The van der Waals surface area contributed by atoms with E-state index in [2.05, 4.69) is 16.6 Å². The maximum absolute atomic E-state index is 12.1. The van der Waals surface area contributed by atoms with E-state index >= 15 is 0 Å². The van der Waals surface area contributed by atoms with Gasteiger partial charge in [-0.15, -0.1) is 13.2 Å². The molecule has 1 fully saturated rings. The first-order valence-corrected chi connectivity index (χ1v) is 6.25. The van der Waals surface area contributed by atoms with Crippen LogP contribution in [0.15, 0.2) is 18.2 Å². The van der Waals surface area contributed by atoms with Gasteiger partial charge in [0.1, 0.15) is 5.75 Å². The standard InChI is InChI=1S/C13H17F3N2O/c1-9-3-2-6-18(8-9)12-5-4-10(7-11(12)17)19-13(14,15)16/h4-5,7,9H,2-3,6,8,17H2,1H3. The highest BCUT2D eigenvalue weighted by Crippen LogP contribution is 2.32. The zero-order valence-corrected chi connectivity index (χ0v) is 10.7. The van der Waals surface area contributed by atoms with E-state index in [1.165, 1.54) is 18.6 Å². The third kappa shape index (κ3) is 3.68. The number of nitrogens with zero attached hydrogens (tertiary/aromatic N) is 1. The zero-order chi connectivity index (χ0) is 14.0. The van der Waals surface area contributed by atoms with Gasteiger partial charge in [0, 0.05) is 19.2 Å². The van der Waals surface area contributed by atoms with E-state index in [0.29, 0.717) is 11.6 Å². The Bertz CT molecular complexity index is 448. The van der Waals surface area contributed by atoms with Crippen molar-refractivity contribution < 1.29 is 17.9 Å². The fourth-order valence-electron chi connectivity index (χ4n) is 2.43. The molecule has 1 aromatic carbocycles. The van der Waals surface area contributed by atoms with Crippen LogP contribution in [-0.2, 0) is 0 Å². The number of halogens is 3. The average Bonchev–Trinajstić information content (AvgIpc) is 2.26. The number of nitrogens with two attached hydrogens (primary N) is 1. The van der Waals surface area contributed by atoms with Gasteiger partial charge in [-0.25, -0.2) is 0 Å². The summed E-state index contributed by atoms with van der Waals surface area (Å²) in [5.41, 5.74) is 6.92. The average molecular weight is 274 g/mol. The lowest BCUT2D eigenvalue weighted by molar-refractivity contribution is -0.274. The summed E-state index contributed by atoms with van der Waals surface area (Å²) in [6, 6.07) is 4.12. The fraction of sp³-hybridized carbons (Fsp3) is 0.538. The molecule has 0 aromatic heterocycles. The van der Waals surface area contributed by atoms with Gasteiger partial charge in [0.15, 0.2) is 0 Å². The Balaban J connectivity index is 2.15. The molecule has 0 radical (unpaired) electrons. The number of piperidine rings is 1. The second kappa shape index (κ2) is 5.19. The quantitative estimate of drug-likeness (QED) is 0.840. The molecule has 1 unspecified atom stereocenters. The van der Waals surface area contributed by atoms with Crippen molar-refractivity contribution in [1.29, 1.82) is 0 Å². The molecular formula is C13H17F3N2O. The minimum absolute atomic E-state index is 0.279. The molecule has 1 atom stereocenters. The first kappa shape index (κ1) is 13.8. The van der Waals surface area contributed by atoms with Crippen LogP contribution in [0.25, 0.3) is 0 Å². The van der Waals surface area contributed by atoms with Gasteiger partial charge in [0.2, 0.25) is 0 Å².